The first-order chi connectivity index (χ1) is 15.7. The third-order valence-corrected chi connectivity index (χ3v) is 8.10. The first-order valence-electron chi connectivity index (χ1n) is 10.8. The van der Waals surface area contributed by atoms with Gasteiger partial charge in [-0.05, 0) is 48.9 Å². The zero-order valence-electron chi connectivity index (χ0n) is 18.2. The van der Waals surface area contributed by atoms with Crippen LogP contribution in [0.2, 0.25) is 5.02 Å². The third kappa shape index (κ3) is 4.40. The van der Waals surface area contributed by atoms with Gasteiger partial charge < -0.3 is 4.90 Å². The zero-order valence-corrected chi connectivity index (χ0v) is 19.7. The number of fused-ring (bicyclic) bond motifs is 1. The van der Waals surface area contributed by atoms with Crippen molar-refractivity contribution in [2.75, 3.05) is 32.7 Å². The maximum absolute atomic E-state index is 13.0. The predicted octanol–water partition coefficient (Wildman–Crippen LogP) is 2.88. The number of halogens is 1. The number of rotatable bonds is 6. The molecule has 2 aliphatic heterocycles. The number of nitrogens with zero attached hydrogens (tertiary/aromatic N) is 3. The Kier molecular flexibility index (Phi) is 6.56. The van der Waals surface area contributed by atoms with Gasteiger partial charge in [0.2, 0.25) is 10.0 Å². The molecule has 1 saturated heterocycles. The fraction of sp³-hybridized carbons (Fsp3) is 0.348. The van der Waals surface area contributed by atoms with Crippen molar-refractivity contribution in [3.8, 4) is 0 Å². The molecule has 0 unspecified atom stereocenters. The second-order valence-corrected chi connectivity index (χ2v) is 10.4. The Morgan fingerprint density at radius 3 is 2.21 bits per heavy atom. The van der Waals surface area contributed by atoms with Crippen LogP contribution in [0.15, 0.2) is 47.4 Å². The van der Waals surface area contributed by atoms with E-state index in [1.165, 1.54) is 45.6 Å². The second-order valence-electron chi connectivity index (χ2n) is 8.03. The SMILES string of the molecule is CCCCN1C(=O)c2ccc(C(=O)N3CCN(S(=O)(=O)c4ccc(Cl)cc4)CC3)cc2C1=O. The number of hydrogen-bond donors (Lipinski definition) is 0. The van der Waals surface area contributed by atoms with E-state index in [4.69, 9.17) is 11.6 Å². The third-order valence-electron chi connectivity index (χ3n) is 5.93. The van der Waals surface area contributed by atoms with Crippen molar-refractivity contribution in [2.45, 2.75) is 24.7 Å². The minimum absolute atomic E-state index is 0.154. The highest BCUT2D eigenvalue weighted by Gasteiger charge is 2.36. The standard InChI is InChI=1S/C23H24ClN3O5S/c1-2-3-10-27-22(29)19-9-4-16(15-20(19)23(27)30)21(28)25-11-13-26(14-12-25)33(31,32)18-7-5-17(24)6-8-18/h4-9,15H,2-3,10-14H2,1H3. The number of carbonyl (C=O) groups is 3. The van der Waals surface area contributed by atoms with Gasteiger partial charge in [0, 0.05) is 43.3 Å². The van der Waals surface area contributed by atoms with Gasteiger partial charge in [-0.15, -0.1) is 0 Å². The molecule has 1 fully saturated rings. The van der Waals surface area contributed by atoms with Gasteiger partial charge in [-0.2, -0.15) is 4.31 Å². The van der Waals surface area contributed by atoms with Crippen LogP contribution < -0.4 is 0 Å². The van der Waals surface area contributed by atoms with E-state index in [2.05, 4.69) is 0 Å². The molecule has 2 aromatic carbocycles. The van der Waals surface area contributed by atoms with Gasteiger partial charge in [0.1, 0.15) is 0 Å². The van der Waals surface area contributed by atoms with Crippen molar-refractivity contribution in [3.05, 3.63) is 64.2 Å². The second kappa shape index (κ2) is 9.24. The number of amides is 3. The minimum Gasteiger partial charge on any atom is -0.336 e. The summed E-state index contributed by atoms with van der Waals surface area (Å²) < 4.78 is 27.0. The lowest BCUT2D eigenvalue weighted by Gasteiger charge is -2.34. The summed E-state index contributed by atoms with van der Waals surface area (Å²) in [6, 6.07) is 10.5. The Bertz CT molecular complexity index is 1210. The van der Waals surface area contributed by atoms with E-state index in [1.54, 1.807) is 11.0 Å². The Morgan fingerprint density at radius 2 is 1.58 bits per heavy atom. The average molecular weight is 490 g/mol. The summed E-state index contributed by atoms with van der Waals surface area (Å²) in [6.07, 6.45) is 1.58. The van der Waals surface area contributed by atoms with Crippen molar-refractivity contribution in [3.63, 3.8) is 0 Å². The Hall–Kier alpha value is -2.75. The number of piperazine rings is 1. The lowest BCUT2D eigenvalue weighted by molar-refractivity contribution is 0.0651. The molecule has 0 N–H and O–H groups in total. The normalized spacial score (nSPS) is 16.9. The van der Waals surface area contributed by atoms with Crippen LogP contribution in [0.3, 0.4) is 0 Å². The van der Waals surface area contributed by atoms with Gasteiger partial charge in [-0.25, -0.2) is 8.42 Å². The van der Waals surface area contributed by atoms with Gasteiger partial charge >= 0.3 is 0 Å². The smallest absolute Gasteiger partial charge is 0.261 e. The minimum atomic E-state index is -3.68. The molecule has 0 aromatic heterocycles. The topological polar surface area (TPSA) is 95.1 Å². The van der Waals surface area contributed by atoms with Crippen LogP contribution in [-0.4, -0.2) is 73.0 Å². The molecular formula is C23H24ClN3O5S. The highest BCUT2D eigenvalue weighted by Crippen LogP contribution is 2.26. The van der Waals surface area contributed by atoms with Crippen molar-refractivity contribution in [1.82, 2.24) is 14.1 Å². The van der Waals surface area contributed by atoms with Crippen LogP contribution in [0.4, 0.5) is 0 Å². The highest BCUT2D eigenvalue weighted by atomic mass is 35.5. The molecular weight excluding hydrogens is 466 g/mol. The molecule has 33 heavy (non-hydrogen) atoms. The van der Waals surface area contributed by atoms with E-state index < -0.39 is 10.0 Å². The Morgan fingerprint density at radius 1 is 0.939 bits per heavy atom. The molecule has 2 aliphatic rings. The van der Waals surface area contributed by atoms with Crippen molar-refractivity contribution >= 4 is 39.3 Å². The molecule has 2 aromatic rings. The first kappa shape index (κ1) is 23.4. The average Bonchev–Trinajstić information content (AvgIpc) is 3.06. The molecule has 4 rings (SSSR count). The largest absolute Gasteiger partial charge is 0.336 e. The van der Waals surface area contributed by atoms with Crippen LogP contribution in [0.25, 0.3) is 0 Å². The molecule has 8 nitrogen and oxygen atoms in total. The van der Waals surface area contributed by atoms with Crippen LogP contribution in [0, 0.1) is 0 Å². The summed E-state index contributed by atoms with van der Waals surface area (Å²) >= 11 is 5.85. The van der Waals surface area contributed by atoms with E-state index in [0.717, 1.165) is 12.8 Å². The fourth-order valence-corrected chi connectivity index (χ4v) is 5.56. The summed E-state index contributed by atoms with van der Waals surface area (Å²) in [4.78, 5) is 41.2. The van der Waals surface area contributed by atoms with Gasteiger partial charge in [-0.1, -0.05) is 24.9 Å². The number of hydrogen-bond acceptors (Lipinski definition) is 5. The lowest BCUT2D eigenvalue weighted by atomic mass is 10.0. The van der Waals surface area contributed by atoms with Crippen molar-refractivity contribution in [1.29, 1.82) is 0 Å². The molecule has 0 spiro atoms. The molecule has 0 bridgehead atoms. The molecule has 174 valence electrons. The molecule has 0 saturated carbocycles. The van der Waals surface area contributed by atoms with E-state index in [9.17, 15) is 22.8 Å². The van der Waals surface area contributed by atoms with Gasteiger partial charge in [0.25, 0.3) is 17.7 Å². The van der Waals surface area contributed by atoms with Crippen LogP contribution in [0.1, 0.15) is 50.8 Å². The van der Waals surface area contributed by atoms with E-state index in [1.807, 2.05) is 6.92 Å². The highest BCUT2D eigenvalue weighted by molar-refractivity contribution is 7.89. The molecule has 10 heteroatoms. The van der Waals surface area contributed by atoms with Gasteiger partial charge in [-0.3, -0.25) is 19.3 Å². The van der Waals surface area contributed by atoms with Gasteiger partial charge in [0.05, 0.1) is 16.0 Å². The van der Waals surface area contributed by atoms with Crippen LogP contribution in [0.5, 0.6) is 0 Å². The Balaban J connectivity index is 1.45. The molecule has 2 heterocycles. The molecule has 0 atom stereocenters. The summed E-state index contributed by atoms with van der Waals surface area (Å²) in [6.45, 7) is 3.09. The summed E-state index contributed by atoms with van der Waals surface area (Å²) in [5, 5.41) is 0.451. The maximum Gasteiger partial charge on any atom is 0.261 e. The predicted molar refractivity (Wildman–Crippen MR) is 123 cm³/mol. The number of unbranched alkanes of at least 4 members (excludes halogenated alkanes) is 1. The quantitative estimate of drug-likeness (QED) is 0.581. The fourth-order valence-electron chi connectivity index (χ4n) is 4.01. The number of benzene rings is 2. The van der Waals surface area contributed by atoms with Crippen molar-refractivity contribution in [2.24, 2.45) is 0 Å². The van der Waals surface area contributed by atoms with Crippen LogP contribution >= 0.6 is 11.6 Å². The van der Waals surface area contributed by atoms with Gasteiger partial charge in [0.15, 0.2) is 0 Å². The zero-order chi connectivity index (χ0) is 23.8. The summed E-state index contributed by atoms with van der Waals surface area (Å²) in [5.74, 6) is -1.01. The van der Waals surface area contributed by atoms with E-state index in [0.29, 0.717) is 22.7 Å². The molecule has 0 radical (unpaired) electrons. The lowest BCUT2D eigenvalue weighted by Crippen LogP contribution is -2.50. The first-order valence-corrected chi connectivity index (χ1v) is 12.6. The molecule has 3 amide bonds. The number of carbonyl (C=O) groups excluding carboxylic acids is 3. The van der Waals surface area contributed by atoms with Crippen LogP contribution in [-0.2, 0) is 10.0 Å². The maximum atomic E-state index is 13.0. The van der Waals surface area contributed by atoms with Crippen molar-refractivity contribution < 1.29 is 22.8 Å². The number of imide groups is 1. The number of sulfonamides is 1. The Labute approximate surface area is 197 Å². The monoisotopic (exact) mass is 489 g/mol. The summed E-state index contributed by atoms with van der Waals surface area (Å²) in [7, 11) is -3.68. The molecule has 0 aliphatic carbocycles. The summed E-state index contributed by atoms with van der Waals surface area (Å²) in [5.41, 5.74) is 0.860. The van der Waals surface area contributed by atoms with E-state index in [-0.39, 0.29) is 54.4 Å². The van der Waals surface area contributed by atoms with E-state index >= 15 is 0 Å².